The van der Waals surface area contributed by atoms with Crippen LogP contribution in [0.1, 0.15) is 367 Å². The molecular formula is C69H128O6. The zero-order valence-corrected chi connectivity index (χ0v) is 50.6. The molecule has 0 bridgehead atoms. The number of ether oxygens (including phenoxy) is 3. The quantitative estimate of drug-likeness (QED) is 0.0261. The third kappa shape index (κ3) is 62.4. The van der Waals surface area contributed by atoms with Crippen LogP contribution in [0.3, 0.4) is 0 Å². The number of hydrogen-bond donors (Lipinski definition) is 0. The molecule has 0 radical (unpaired) electrons. The maximum absolute atomic E-state index is 12.9. The second-order valence-corrected chi connectivity index (χ2v) is 22.7. The third-order valence-corrected chi connectivity index (χ3v) is 15.2. The third-order valence-electron chi connectivity index (χ3n) is 15.2. The van der Waals surface area contributed by atoms with Crippen LogP contribution < -0.4 is 0 Å². The molecule has 0 heterocycles. The molecule has 0 aliphatic rings. The normalized spacial score (nSPS) is 12.2. The summed E-state index contributed by atoms with van der Waals surface area (Å²) in [7, 11) is 0. The molecule has 0 aliphatic heterocycles. The van der Waals surface area contributed by atoms with E-state index >= 15 is 0 Å². The van der Waals surface area contributed by atoms with E-state index in [1.165, 1.54) is 244 Å². The van der Waals surface area contributed by atoms with E-state index in [-0.39, 0.29) is 31.1 Å². The summed E-state index contributed by atoms with van der Waals surface area (Å²) < 4.78 is 17.0. The van der Waals surface area contributed by atoms with Crippen molar-refractivity contribution in [2.45, 2.75) is 374 Å². The summed E-state index contributed by atoms with van der Waals surface area (Å²) in [5, 5.41) is 0. The molecule has 6 heteroatoms. The van der Waals surface area contributed by atoms with E-state index in [0.717, 1.165) is 83.5 Å². The highest BCUT2D eigenvalue weighted by Crippen LogP contribution is 2.18. The van der Waals surface area contributed by atoms with Crippen LogP contribution in [0, 0.1) is 0 Å². The fourth-order valence-corrected chi connectivity index (χ4v) is 10.2. The highest BCUT2D eigenvalue weighted by atomic mass is 16.6. The monoisotopic (exact) mass is 1050 g/mol. The van der Waals surface area contributed by atoms with Crippen molar-refractivity contribution in [2.75, 3.05) is 13.2 Å². The van der Waals surface area contributed by atoms with Gasteiger partial charge in [0.1, 0.15) is 13.2 Å². The van der Waals surface area contributed by atoms with E-state index in [9.17, 15) is 14.4 Å². The topological polar surface area (TPSA) is 78.9 Å². The molecular weight excluding hydrogens is 925 g/mol. The molecule has 1 atom stereocenters. The van der Waals surface area contributed by atoms with Gasteiger partial charge in [0, 0.05) is 19.3 Å². The molecule has 0 spiro atoms. The summed E-state index contributed by atoms with van der Waals surface area (Å²) in [5.41, 5.74) is 0. The number of rotatable bonds is 62. The molecule has 0 N–H and O–H groups in total. The van der Waals surface area contributed by atoms with Gasteiger partial charge in [-0.2, -0.15) is 0 Å². The van der Waals surface area contributed by atoms with Crippen molar-refractivity contribution in [3.05, 3.63) is 36.5 Å². The fourth-order valence-electron chi connectivity index (χ4n) is 10.2. The first kappa shape index (κ1) is 72.6. The Hall–Kier alpha value is -2.37. The minimum atomic E-state index is -0.773. The zero-order valence-electron chi connectivity index (χ0n) is 50.6. The first-order chi connectivity index (χ1) is 37.0. The summed E-state index contributed by atoms with van der Waals surface area (Å²) in [5.74, 6) is -0.850. The predicted molar refractivity (Wildman–Crippen MR) is 326 cm³/mol. The molecule has 0 saturated carbocycles. The van der Waals surface area contributed by atoms with Gasteiger partial charge in [-0.25, -0.2) is 0 Å². The van der Waals surface area contributed by atoms with E-state index in [1.54, 1.807) is 0 Å². The van der Waals surface area contributed by atoms with Gasteiger partial charge in [0.25, 0.3) is 0 Å². The van der Waals surface area contributed by atoms with E-state index < -0.39 is 6.10 Å². The van der Waals surface area contributed by atoms with E-state index in [0.29, 0.717) is 19.3 Å². The Bertz CT molecular complexity index is 1250. The summed E-state index contributed by atoms with van der Waals surface area (Å²) in [6.07, 6.45) is 78.7. The highest BCUT2D eigenvalue weighted by molar-refractivity contribution is 5.71. The average Bonchev–Trinajstić information content (AvgIpc) is 3.41. The maximum atomic E-state index is 12.9. The van der Waals surface area contributed by atoms with E-state index in [1.807, 2.05) is 0 Å². The zero-order chi connectivity index (χ0) is 54.3. The molecule has 0 aromatic rings. The summed E-state index contributed by atoms with van der Waals surface area (Å²) in [6.45, 7) is 6.60. The predicted octanol–water partition coefficient (Wildman–Crippen LogP) is 22.8. The maximum Gasteiger partial charge on any atom is 0.306 e. The Labute approximate surface area is 467 Å². The Kier molecular flexibility index (Phi) is 62.1. The van der Waals surface area contributed by atoms with Crippen molar-refractivity contribution in [1.82, 2.24) is 0 Å². The van der Waals surface area contributed by atoms with Gasteiger partial charge in [0.05, 0.1) is 0 Å². The van der Waals surface area contributed by atoms with Gasteiger partial charge in [-0.1, -0.05) is 333 Å². The lowest BCUT2D eigenvalue weighted by Crippen LogP contribution is -2.30. The van der Waals surface area contributed by atoms with E-state index in [2.05, 4.69) is 57.2 Å². The standard InChI is InChI=1S/C69H128O6/c1-4-7-10-13-16-19-22-25-28-31-33-34-36-38-41-44-47-50-53-56-59-62-68(71)74-65-66(64-73-67(70)61-58-55-52-49-46-43-40-37-30-27-24-21-18-15-12-9-6-3)75-69(72)63-60-57-54-51-48-45-42-39-35-32-29-26-23-20-17-14-11-8-5-2/h9,12,18,21,27,30,66H,4-8,10-11,13-17,19-20,22-26,28-29,31-65H2,1-3H3/b12-9-,21-18-,30-27-. The first-order valence-electron chi connectivity index (χ1n) is 33.5. The van der Waals surface area contributed by atoms with Crippen molar-refractivity contribution in [1.29, 1.82) is 0 Å². The lowest BCUT2D eigenvalue weighted by Gasteiger charge is -2.18. The molecule has 0 saturated heterocycles. The van der Waals surface area contributed by atoms with Gasteiger partial charge in [0.2, 0.25) is 0 Å². The largest absolute Gasteiger partial charge is 0.462 e. The second-order valence-electron chi connectivity index (χ2n) is 22.7. The smallest absolute Gasteiger partial charge is 0.306 e. The molecule has 75 heavy (non-hydrogen) atoms. The number of carbonyl (C=O) groups excluding carboxylic acids is 3. The molecule has 440 valence electrons. The Balaban J connectivity index is 4.31. The first-order valence-corrected chi connectivity index (χ1v) is 33.5. The van der Waals surface area contributed by atoms with Gasteiger partial charge in [0.15, 0.2) is 6.10 Å². The molecule has 0 rings (SSSR count). The van der Waals surface area contributed by atoms with Crippen LogP contribution in [0.15, 0.2) is 36.5 Å². The highest BCUT2D eigenvalue weighted by Gasteiger charge is 2.19. The van der Waals surface area contributed by atoms with Crippen LogP contribution in [0.5, 0.6) is 0 Å². The Morgan fingerprint density at radius 3 is 0.813 bits per heavy atom. The number of hydrogen-bond acceptors (Lipinski definition) is 6. The van der Waals surface area contributed by atoms with Crippen LogP contribution in [0.4, 0.5) is 0 Å². The van der Waals surface area contributed by atoms with Gasteiger partial charge in [-0.05, 0) is 51.4 Å². The average molecular weight is 1050 g/mol. The van der Waals surface area contributed by atoms with E-state index in [4.69, 9.17) is 14.2 Å². The number of allylic oxidation sites excluding steroid dienone is 6. The van der Waals surface area contributed by atoms with Gasteiger partial charge in [-0.3, -0.25) is 14.4 Å². The molecule has 6 nitrogen and oxygen atoms in total. The lowest BCUT2D eigenvalue weighted by atomic mass is 10.0. The number of esters is 3. The van der Waals surface area contributed by atoms with Crippen LogP contribution in [0.2, 0.25) is 0 Å². The van der Waals surface area contributed by atoms with Gasteiger partial charge >= 0.3 is 17.9 Å². The second kappa shape index (κ2) is 64.2. The van der Waals surface area contributed by atoms with Crippen molar-refractivity contribution in [2.24, 2.45) is 0 Å². The molecule has 0 aromatic carbocycles. The summed E-state index contributed by atoms with van der Waals surface area (Å²) >= 11 is 0. The molecule has 0 aliphatic carbocycles. The lowest BCUT2D eigenvalue weighted by molar-refractivity contribution is -0.167. The minimum Gasteiger partial charge on any atom is -0.462 e. The minimum absolute atomic E-state index is 0.0694. The van der Waals surface area contributed by atoms with Crippen LogP contribution >= 0.6 is 0 Å². The van der Waals surface area contributed by atoms with Crippen LogP contribution in [-0.4, -0.2) is 37.2 Å². The van der Waals surface area contributed by atoms with Crippen molar-refractivity contribution in [3.8, 4) is 0 Å². The Morgan fingerprint density at radius 2 is 0.520 bits per heavy atom. The molecule has 1 unspecified atom stereocenters. The molecule has 0 amide bonds. The van der Waals surface area contributed by atoms with Crippen molar-refractivity contribution in [3.63, 3.8) is 0 Å². The number of carbonyl (C=O) groups is 3. The number of unbranched alkanes of at least 4 members (excludes halogenated alkanes) is 45. The summed E-state index contributed by atoms with van der Waals surface area (Å²) in [4.78, 5) is 38.4. The van der Waals surface area contributed by atoms with Gasteiger partial charge < -0.3 is 14.2 Å². The summed E-state index contributed by atoms with van der Waals surface area (Å²) in [6, 6.07) is 0. The van der Waals surface area contributed by atoms with Crippen LogP contribution in [0.25, 0.3) is 0 Å². The van der Waals surface area contributed by atoms with Crippen LogP contribution in [-0.2, 0) is 28.6 Å². The Morgan fingerprint density at radius 1 is 0.280 bits per heavy atom. The molecule has 0 fully saturated rings. The van der Waals surface area contributed by atoms with Crippen molar-refractivity contribution < 1.29 is 28.6 Å². The van der Waals surface area contributed by atoms with Crippen molar-refractivity contribution >= 4 is 17.9 Å². The SMILES string of the molecule is CC/C=C\C/C=C\C/C=C\CCCCCCCCCC(=O)OCC(COC(=O)CCCCCCCCCCCCCCCCCCCCCCC)OC(=O)CCCCCCCCCCCCCCCCCCCCC. The van der Waals surface area contributed by atoms with Gasteiger partial charge in [-0.15, -0.1) is 0 Å². The fraction of sp³-hybridized carbons (Fsp3) is 0.870. The molecule has 0 aromatic heterocycles.